The zero-order valence-corrected chi connectivity index (χ0v) is 25.9. The van der Waals surface area contributed by atoms with Crippen molar-refractivity contribution in [2.45, 2.75) is 89.6 Å². The van der Waals surface area contributed by atoms with Crippen molar-refractivity contribution in [1.29, 1.82) is 0 Å². The van der Waals surface area contributed by atoms with E-state index in [0.717, 1.165) is 99.7 Å². The number of rotatable bonds is 9. The molecule has 1 aliphatic heterocycles. The van der Waals surface area contributed by atoms with Crippen molar-refractivity contribution in [3.8, 4) is 10.4 Å². The fourth-order valence-corrected chi connectivity index (χ4v) is 8.10. The average molecular weight is 597 g/mol. The highest BCUT2D eigenvalue weighted by Gasteiger charge is 2.40. The number of hydrogen-bond acceptors (Lipinski definition) is 7. The summed E-state index contributed by atoms with van der Waals surface area (Å²) in [6.07, 6.45) is 9.85. The van der Waals surface area contributed by atoms with Crippen LogP contribution in [0.2, 0.25) is 0 Å². The van der Waals surface area contributed by atoms with Crippen molar-refractivity contribution in [2.24, 2.45) is 17.8 Å². The molecule has 2 saturated carbocycles. The van der Waals surface area contributed by atoms with Crippen molar-refractivity contribution in [3.63, 3.8) is 0 Å². The van der Waals surface area contributed by atoms with Crippen LogP contribution in [0.15, 0.2) is 36.4 Å². The summed E-state index contributed by atoms with van der Waals surface area (Å²) < 4.78 is 16.0. The van der Waals surface area contributed by atoms with Crippen LogP contribution < -0.4 is 4.90 Å². The lowest BCUT2D eigenvalue weighted by Gasteiger charge is -2.35. The SMILES string of the molecule is CC1CCC(C(=O)C(c2cc(-c3ccccc3)sc2C(=O)OCOC(=O)OC2CCCCC2)C2CC[NH+](C)CC2)CC1. The lowest BCUT2D eigenvalue weighted by molar-refractivity contribution is -0.886. The van der Waals surface area contributed by atoms with Gasteiger partial charge in [0, 0.05) is 29.6 Å². The second-order valence-electron chi connectivity index (χ2n) is 12.7. The van der Waals surface area contributed by atoms with E-state index in [9.17, 15) is 14.4 Å². The predicted octanol–water partition coefficient (Wildman–Crippen LogP) is 6.42. The Balaban J connectivity index is 1.38. The number of benzene rings is 1. The third-order valence-corrected chi connectivity index (χ3v) is 10.8. The second-order valence-corrected chi connectivity index (χ2v) is 13.8. The summed E-state index contributed by atoms with van der Waals surface area (Å²) in [6.45, 7) is 3.79. The maximum absolute atomic E-state index is 14.4. The Kier molecular flexibility index (Phi) is 10.7. The van der Waals surface area contributed by atoms with Gasteiger partial charge in [0.05, 0.1) is 20.1 Å². The number of carbonyl (C=O) groups excluding carboxylic acids is 3. The smallest absolute Gasteiger partial charge is 0.431 e. The molecule has 3 fully saturated rings. The molecule has 2 aromatic rings. The second kappa shape index (κ2) is 14.6. The number of ether oxygens (including phenoxy) is 3. The van der Waals surface area contributed by atoms with E-state index in [0.29, 0.717) is 10.8 Å². The van der Waals surface area contributed by atoms with Crippen molar-refractivity contribution in [1.82, 2.24) is 0 Å². The summed E-state index contributed by atoms with van der Waals surface area (Å²) in [5.74, 6) is 0.249. The zero-order valence-electron chi connectivity index (χ0n) is 25.1. The van der Waals surface area contributed by atoms with Gasteiger partial charge in [-0.05, 0) is 67.6 Å². The van der Waals surface area contributed by atoms with Gasteiger partial charge in [-0.2, -0.15) is 0 Å². The molecule has 0 radical (unpaired) electrons. The van der Waals surface area contributed by atoms with Gasteiger partial charge in [0.25, 0.3) is 0 Å². The van der Waals surface area contributed by atoms with Crippen LogP contribution in [0.1, 0.15) is 98.7 Å². The molecule has 1 saturated heterocycles. The van der Waals surface area contributed by atoms with Gasteiger partial charge in [-0.3, -0.25) is 4.79 Å². The van der Waals surface area contributed by atoms with Gasteiger partial charge in [-0.1, -0.05) is 56.5 Å². The monoisotopic (exact) mass is 596 g/mol. The van der Waals surface area contributed by atoms with E-state index in [1.807, 2.05) is 36.4 Å². The van der Waals surface area contributed by atoms with Crippen LogP contribution in [-0.4, -0.2) is 50.9 Å². The molecule has 1 unspecified atom stereocenters. The Labute approximate surface area is 253 Å². The minimum absolute atomic E-state index is 0.0278. The lowest BCUT2D eigenvalue weighted by atomic mass is 9.70. The number of piperidine rings is 1. The molecule has 1 N–H and O–H groups in total. The minimum atomic E-state index is -0.806. The molecular weight excluding hydrogens is 550 g/mol. The van der Waals surface area contributed by atoms with Gasteiger partial charge in [-0.25, -0.2) is 9.59 Å². The molecule has 0 bridgehead atoms. The number of esters is 1. The highest BCUT2D eigenvalue weighted by Crippen LogP contribution is 2.44. The maximum Gasteiger partial charge on any atom is 0.511 e. The highest BCUT2D eigenvalue weighted by molar-refractivity contribution is 7.17. The van der Waals surface area contributed by atoms with Crippen LogP contribution in [0.25, 0.3) is 10.4 Å². The zero-order chi connectivity index (χ0) is 29.5. The fourth-order valence-electron chi connectivity index (χ4n) is 6.99. The fraction of sp³-hybridized carbons (Fsp3) is 0.618. The molecule has 1 aromatic carbocycles. The number of ketones is 1. The number of thiophene rings is 1. The first kappa shape index (κ1) is 30.7. The molecule has 3 aliphatic rings. The summed E-state index contributed by atoms with van der Waals surface area (Å²) in [4.78, 5) is 43.1. The summed E-state index contributed by atoms with van der Waals surface area (Å²) in [6, 6.07) is 12.0. The quantitative estimate of drug-likeness (QED) is 0.266. The van der Waals surface area contributed by atoms with Gasteiger partial charge in [0.2, 0.25) is 6.79 Å². The standard InChI is InChI=1S/C34H45NO6S/c1-23-13-15-26(16-14-23)31(36)30(25-17-19-35(2)20-18-25)28-21-29(24-9-5-3-6-10-24)42-32(28)33(37)39-22-40-34(38)41-27-11-7-4-8-12-27/h3,5-6,9-10,21,23,25-27,30H,4,7-8,11-20,22H2,1-2H3/p+1. The van der Waals surface area contributed by atoms with Gasteiger partial charge in [-0.15, -0.1) is 11.3 Å². The maximum atomic E-state index is 14.4. The Morgan fingerprint density at radius 3 is 2.29 bits per heavy atom. The van der Waals surface area contributed by atoms with Gasteiger partial charge >= 0.3 is 12.1 Å². The normalized spacial score (nSPS) is 25.8. The molecule has 2 aliphatic carbocycles. The molecule has 1 aromatic heterocycles. The van der Waals surface area contributed by atoms with E-state index in [1.165, 1.54) is 16.2 Å². The largest absolute Gasteiger partial charge is 0.511 e. The molecule has 2 heterocycles. The average Bonchev–Trinajstić information content (AvgIpc) is 3.44. The van der Waals surface area contributed by atoms with Gasteiger partial charge < -0.3 is 19.1 Å². The minimum Gasteiger partial charge on any atom is -0.431 e. The molecule has 0 spiro atoms. The molecule has 7 nitrogen and oxygen atoms in total. The first-order valence-electron chi connectivity index (χ1n) is 15.9. The van der Waals surface area contributed by atoms with E-state index >= 15 is 0 Å². The topological polar surface area (TPSA) is 83.3 Å². The Bertz CT molecular complexity index is 1190. The molecule has 8 heteroatoms. The molecule has 0 amide bonds. The Morgan fingerprint density at radius 2 is 1.60 bits per heavy atom. The molecule has 42 heavy (non-hydrogen) atoms. The van der Waals surface area contributed by atoms with E-state index in [-0.39, 0.29) is 29.6 Å². The van der Waals surface area contributed by atoms with E-state index in [2.05, 4.69) is 14.0 Å². The van der Waals surface area contributed by atoms with Crippen LogP contribution in [0, 0.1) is 17.8 Å². The van der Waals surface area contributed by atoms with Crippen molar-refractivity contribution < 1.29 is 33.5 Å². The molecule has 1 atom stereocenters. The predicted molar refractivity (Wildman–Crippen MR) is 163 cm³/mol. The van der Waals surface area contributed by atoms with Crippen LogP contribution >= 0.6 is 11.3 Å². The summed E-state index contributed by atoms with van der Waals surface area (Å²) >= 11 is 1.36. The van der Waals surface area contributed by atoms with Gasteiger partial charge in [0.15, 0.2) is 0 Å². The highest BCUT2D eigenvalue weighted by atomic mass is 32.1. The third-order valence-electron chi connectivity index (χ3n) is 9.60. The van der Waals surface area contributed by atoms with Crippen molar-refractivity contribution in [2.75, 3.05) is 26.9 Å². The number of carbonyl (C=O) groups is 3. The van der Waals surface area contributed by atoms with E-state index in [4.69, 9.17) is 14.2 Å². The molecule has 228 valence electrons. The Morgan fingerprint density at radius 1 is 0.905 bits per heavy atom. The van der Waals surface area contributed by atoms with E-state index in [1.54, 1.807) is 0 Å². The summed E-state index contributed by atoms with van der Waals surface area (Å²) in [5.41, 5.74) is 1.78. The Hall–Kier alpha value is -2.71. The lowest BCUT2D eigenvalue weighted by Crippen LogP contribution is -3.10. The van der Waals surface area contributed by atoms with Crippen LogP contribution in [0.4, 0.5) is 4.79 Å². The van der Waals surface area contributed by atoms with Crippen molar-refractivity contribution in [3.05, 3.63) is 46.8 Å². The molecule has 5 rings (SSSR count). The van der Waals surface area contributed by atoms with E-state index < -0.39 is 18.9 Å². The van der Waals surface area contributed by atoms with Crippen LogP contribution in [-0.2, 0) is 19.0 Å². The number of quaternary nitrogens is 1. The number of likely N-dealkylation sites (tertiary alicyclic amines) is 1. The summed E-state index contributed by atoms with van der Waals surface area (Å²) in [7, 11) is 2.20. The van der Waals surface area contributed by atoms with Gasteiger partial charge in [0.1, 0.15) is 16.8 Å². The third kappa shape index (κ3) is 7.81. The summed E-state index contributed by atoms with van der Waals surface area (Å²) in [5, 5.41) is 0. The van der Waals surface area contributed by atoms with Crippen LogP contribution in [0.5, 0.6) is 0 Å². The van der Waals surface area contributed by atoms with Crippen LogP contribution in [0.3, 0.4) is 0 Å². The van der Waals surface area contributed by atoms with Crippen molar-refractivity contribution >= 4 is 29.2 Å². The first-order valence-corrected chi connectivity index (χ1v) is 16.8. The first-order chi connectivity index (χ1) is 20.4. The number of hydrogen-bond donors (Lipinski definition) is 1. The molecular formula is C34H46NO6S+. The number of Topliss-reactive ketones (excluding diaryl/α,β-unsaturated/α-hetero) is 1. The number of nitrogens with one attached hydrogen (secondary N) is 1.